The Hall–Kier alpha value is -1.68. The summed E-state index contributed by atoms with van der Waals surface area (Å²) < 4.78 is 11.3. The lowest BCUT2D eigenvalue weighted by Gasteiger charge is -2.39. The number of aromatic nitrogens is 1. The van der Waals surface area contributed by atoms with Crippen LogP contribution in [-0.2, 0) is 11.2 Å². The van der Waals surface area contributed by atoms with Crippen LogP contribution in [0.3, 0.4) is 0 Å². The van der Waals surface area contributed by atoms with E-state index in [0.29, 0.717) is 5.75 Å². The highest BCUT2D eigenvalue weighted by atomic mass is 16.7. The monoisotopic (exact) mass is 366 g/mol. The van der Waals surface area contributed by atoms with E-state index in [2.05, 4.69) is 9.88 Å². The molecule has 0 saturated carbocycles. The lowest BCUT2D eigenvalue weighted by Crippen LogP contribution is -2.60. The van der Waals surface area contributed by atoms with Crippen molar-refractivity contribution >= 4 is 10.9 Å². The third-order valence-corrected chi connectivity index (χ3v) is 4.67. The standard InChI is InChI=1S/C18H26N2O6/c1-20(2)7-6-10-8-19-11-4-3-5-12(14(10)11)25-18-17(24)16(23)15(22)13(9-21)26-18/h3-5,8,13,15-19,21-24H,6-7,9H2,1-2H3/t13?,15-,16-,17?,18+/m0/s1. The minimum atomic E-state index is -1.47. The summed E-state index contributed by atoms with van der Waals surface area (Å²) >= 11 is 0. The van der Waals surface area contributed by atoms with Crippen LogP contribution in [0.15, 0.2) is 24.4 Å². The minimum absolute atomic E-state index is 0.493. The molecule has 8 heteroatoms. The van der Waals surface area contributed by atoms with Crippen molar-refractivity contribution in [3.8, 4) is 5.75 Å². The topological polar surface area (TPSA) is 118 Å². The fourth-order valence-electron chi connectivity index (χ4n) is 3.15. The second-order valence-corrected chi connectivity index (χ2v) is 6.86. The van der Waals surface area contributed by atoms with E-state index in [0.717, 1.165) is 29.4 Å². The maximum atomic E-state index is 10.2. The van der Waals surface area contributed by atoms with Crippen molar-refractivity contribution in [2.45, 2.75) is 37.1 Å². The van der Waals surface area contributed by atoms with Gasteiger partial charge in [-0.3, -0.25) is 0 Å². The van der Waals surface area contributed by atoms with E-state index in [1.807, 2.05) is 32.4 Å². The molecule has 0 spiro atoms. The zero-order valence-corrected chi connectivity index (χ0v) is 14.9. The van der Waals surface area contributed by atoms with E-state index < -0.39 is 37.3 Å². The number of nitrogens with one attached hydrogen (secondary N) is 1. The first-order valence-corrected chi connectivity index (χ1v) is 8.63. The van der Waals surface area contributed by atoms with Crippen LogP contribution in [0.1, 0.15) is 5.56 Å². The lowest BCUT2D eigenvalue weighted by atomic mass is 9.99. The number of fused-ring (bicyclic) bond motifs is 1. The lowest BCUT2D eigenvalue weighted by molar-refractivity contribution is -0.277. The molecule has 1 fully saturated rings. The van der Waals surface area contributed by atoms with Gasteiger partial charge in [0.2, 0.25) is 6.29 Å². The fraction of sp³-hybridized carbons (Fsp3) is 0.556. The van der Waals surface area contributed by atoms with Crippen LogP contribution in [-0.4, -0.2) is 88.3 Å². The Bertz CT molecular complexity index is 732. The SMILES string of the molecule is CN(C)CCc1c[nH]c2cccc(O[C@@H]3OC(CO)[C@H](O)[C@H](O)C3O)c12. The van der Waals surface area contributed by atoms with Gasteiger partial charge in [0.15, 0.2) is 0 Å². The van der Waals surface area contributed by atoms with Crippen molar-refractivity contribution < 1.29 is 29.9 Å². The van der Waals surface area contributed by atoms with Crippen LogP contribution in [0.5, 0.6) is 5.75 Å². The molecular weight excluding hydrogens is 340 g/mol. The summed E-state index contributed by atoms with van der Waals surface area (Å²) in [4.78, 5) is 5.29. The van der Waals surface area contributed by atoms with Crippen LogP contribution >= 0.6 is 0 Å². The average Bonchev–Trinajstić information content (AvgIpc) is 3.04. The van der Waals surface area contributed by atoms with Gasteiger partial charge in [0.25, 0.3) is 0 Å². The van der Waals surface area contributed by atoms with E-state index in [-0.39, 0.29) is 0 Å². The molecule has 144 valence electrons. The number of benzene rings is 1. The molecule has 2 heterocycles. The van der Waals surface area contributed by atoms with Gasteiger partial charge in [-0.1, -0.05) is 6.07 Å². The fourth-order valence-corrected chi connectivity index (χ4v) is 3.15. The van der Waals surface area contributed by atoms with Gasteiger partial charge < -0.3 is 39.8 Å². The molecule has 1 aliphatic rings. The molecule has 0 aliphatic carbocycles. The predicted molar refractivity (Wildman–Crippen MR) is 95.0 cm³/mol. The summed E-state index contributed by atoms with van der Waals surface area (Å²) in [5, 5.41) is 40.2. The van der Waals surface area contributed by atoms with Crippen molar-refractivity contribution in [3.63, 3.8) is 0 Å². The Morgan fingerprint density at radius 1 is 1.15 bits per heavy atom. The molecule has 5 N–H and O–H groups in total. The van der Waals surface area contributed by atoms with Gasteiger partial charge >= 0.3 is 0 Å². The minimum Gasteiger partial charge on any atom is -0.461 e. The van der Waals surface area contributed by atoms with Crippen LogP contribution in [0.4, 0.5) is 0 Å². The third kappa shape index (κ3) is 3.71. The molecule has 0 amide bonds. The molecule has 1 aromatic carbocycles. The van der Waals surface area contributed by atoms with Gasteiger partial charge in [-0.05, 0) is 38.2 Å². The molecule has 1 saturated heterocycles. The molecule has 5 atom stereocenters. The highest BCUT2D eigenvalue weighted by molar-refractivity contribution is 5.89. The van der Waals surface area contributed by atoms with E-state index in [4.69, 9.17) is 9.47 Å². The molecule has 2 aromatic rings. The first-order valence-electron chi connectivity index (χ1n) is 8.63. The smallest absolute Gasteiger partial charge is 0.229 e. The van der Waals surface area contributed by atoms with Gasteiger partial charge in [0, 0.05) is 23.6 Å². The van der Waals surface area contributed by atoms with Gasteiger partial charge in [0.1, 0.15) is 30.2 Å². The second-order valence-electron chi connectivity index (χ2n) is 6.86. The molecule has 0 radical (unpaired) electrons. The number of aliphatic hydroxyl groups is 4. The zero-order valence-electron chi connectivity index (χ0n) is 14.9. The van der Waals surface area contributed by atoms with Crippen molar-refractivity contribution in [1.82, 2.24) is 9.88 Å². The maximum Gasteiger partial charge on any atom is 0.229 e. The number of aliphatic hydroxyl groups excluding tert-OH is 4. The molecular formula is C18H26N2O6. The zero-order chi connectivity index (χ0) is 18.8. The number of nitrogens with zero attached hydrogens (tertiary/aromatic N) is 1. The van der Waals surface area contributed by atoms with E-state index in [9.17, 15) is 20.4 Å². The molecule has 2 unspecified atom stereocenters. The summed E-state index contributed by atoms with van der Waals surface area (Å²) in [6.07, 6.45) is -3.79. The van der Waals surface area contributed by atoms with Crippen molar-refractivity contribution in [1.29, 1.82) is 0 Å². The molecule has 26 heavy (non-hydrogen) atoms. The number of ether oxygens (including phenoxy) is 2. The highest BCUT2D eigenvalue weighted by Crippen LogP contribution is 2.32. The maximum absolute atomic E-state index is 10.2. The number of hydrogen-bond donors (Lipinski definition) is 5. The Balaban J connectivity index is 1.87. The molecule has 3 rings (SSSR count). The van der Waals surface area contributed by atoms with Crippen molar-refractivity contribution in [2.24, 2.45) is 0 Å². The summed E-state index contributed by atoms with van der Waals surface area (Å²) in [6.45, 7) is 0.370. The largest absolute Gasteiger partial charge is 0.461 e. The first kappa shape index (κ1) is 19.1. The van der Waals surface area contributed by atoms with E-state index >= 15 is 0 Å². The van der Waals surface area contributed by atoms with E-state index in [1.165, 1.54) is 0 Å². The second kappa shape index (κ2) is 7.91. The number of hydrogen-bond acceptors (Lipinski definition) is 7. The summed E-state index contributed by atoms with van der Waals surface area (Å²) in [7, 11) is 4.00. The Kier molecular flexibility index (Phi) is 5.81. The van der Waals surface area contributed by atoms with Crippen LogP contribution in [0.2, 0.25) is 0 Å². The van der Waals surface area contributed by atoms with Gasteiger partial charge in [-0.25, -0.2) is 0 Å². The highest BCUT2D eigenvalue weighted by Gasteiger charge is 2.44. The average molecular weight is 366 g/mol. The van der Waals surface area contributed by atoms with Crippen LogP contribution in [0.25, 0.3) is 10.9 Å². The van der Waals surface area contributed by atoms with Crippen molar-refractivity contribution in [2.75, 3.05) is 27.2 Å². The number of aromatic amines is 1. The Labute approximate surface area is 151 Å². The summed E-state index contributed by atoms with van der Waals surface area (Å²) in [5.41, 5.74) is 1.95. The van der Waals surface area contributed by atoms with Crippen molar-refractivity contribution in [3.05, 3.63) is 30.0 Å². The molecule has 8 nitrogen and oxygen atoms in total. The van der Waals surface area contributed by atoms with Gasteiger partial charge in [-0.2, -0.15) is 0 Å². The predicted octanol–water partition coefficient (Wildman–Crippen LogP) is -0.549. The Morgan fingerprint density at radius 3 is 2.62 bits per heavy atom. The van der Waals surface area contributed by atoms with Crippen LogP contribution < -0.4 is 4.74 Å². The van der Waals surface area contributed by atoms with Gasteiger partial charge in [-0.15, -0.1) is 0 Å². The molecule has 1 aliphatic heterocycles. The molecule has 1 aromatic heterocycles. The summed E-state index contributed by atoms with van der Waals surface area (Å²) in [6, 6.07) is 5.50. The quantitative estimate of drug-likeness (QED) is 0.465. The normalized spacial score (nSPS) is 29.4. The first-order chi connectivity index (χ1) is 12.4. The van der Waals surface area contributed by atoms with E-state index in [1.54, 1.807) is 6.07 Å². The number of likely N-dealkylation sites (N-methyl/N-ethyl adjacent to an activating group) is 1. The Morgan fingerprint density at radius 2 is 1.92 bits per heavy atom. The number of H-pyrrole nitrogens is 1. The third-order valence-electron chi connectivity index (χ3n) is 4.67. The summed E-state index contributed by atoms with van der Waals surface area (Å²) in [5.74, 6) is 0.502. The van der Waals surface area contributed by atoms with Crippen LogP contribution in [0, 0.1) is 0 Å². The van der Waals surface area contributed by atoms with Gasteiger partial charge in [0.05, 0.1) is 6.61 Å². The number of rotatable bonds is 6. The molecule has 0 bridgehead atoms.